The molecule has 0 aromatic heterocycles. The number of carbonyl (C=O) groups excluding carboxylic acids is 1. The van der Waals surface area contributed by atoms with Gasteiger partial charge in [0.05, 0.1) is 12.7 Å². The number of hydrogen-bond donors (Lipinski definition) is 0. The summed E-state index contributed by atoms with van der Waals surface area (Å²) in [5, 5.41) is 0. The Morgan fingerprint density at radius 3 is 1.89 bits per heavy atom. The number of rotatable bonds is 2. The molecule has 0 saturated carbocycles. The van der Waals surface area contributed by atoms with Gasteiger partial charge in [0.25, 0.3) is 0 Å². The molecule has 0 N–H and O–H groups in total. The molecular formula is C16H24O2. The maximum Gasteiger partial charge on any atom is 0.154 e. The smallest absolute Gasteiger partial charge is 0.154 e. The third-order valence-corrected chi connectivity index (χ3v) is 3.15. The highest BCUT2D eigenvalue weighted by Crippen LogP contribution is 2.36. The minimum Gasteiger partial charge on any atom is -0.496 e. The van der Waals surface area contributed by atoms with E-state index in [1.165, 1.54) is 5.56 Å². The average Bonchev–Trinajstić information content (AvgIpc) is 2.24. The maximum absolute atomic E-state index is 11.3. The topological polar surface area (TPSA) is 26.3 Å². The third-order valence-electron chi connectivity index (χ3n) is 3.15. The average molecular weight is 248 g/mol. The van der Waals surface area contributed by atoms with Crippen LogP contribution >= 0.6 is 0 Å². The van der Waals surface area contributed by atoms with E-state index in [0.717, 1.165) is 11.8 Å². The van der Waals surface area contributed by atoms with E-state index in [1.807, 2.05) is 6.07 Å². The molecule has 0 atom stereocenters. The molecule has 1 rings (SSSR count). The van der Waals surface area contributed by atoms with Crippen molar-refractivity contribution in [3.05, 3.63) is 28.8 Å². The van der Waals surface area contributed by atoms with Crippen LogP contribution in [0.4, 0.5) is 0 Å². The predicted octanol–water partition coefficient (Wildman–Crippen LogP) is 4.10. The van der Waals surface area contributed by atoms with Gasteiger partial charge in [-0.15, -0.1) is 0 Å². The van der Waals surface area contributed by atoms with Gasteiger partial charge in [-0.2, -0.15) is 0 Å². The SMILES string of the molecule is COc1cc(C(C)(C)C)cc(C(C)(C)C)c1C=O. The molecular weight excluding hydrogens is 224 g/mol. The molecule has 0 aliphatic rings. The Morgan fingerprint density at radius 2 is 1.56 bits per heavy atom. The summed E-state index contributed by atoms with van der Waals surface area (Å²) in [5.74, 6) is 0.669. The zero-order valence-electron chi connectivity index (χ0n) is 12.5. The van der Waals surface area contributed by atoms with Crippen LogP contribution < -0.4 is 4.74 Å². The molecule has 0 radical (unpaired) electrons. The maximum atomic E-state index is 11.3. The van der Waals surface area contributed by atoms with Gasteiger partial charge < -0.3 is 4.74 Å². The van der Waals surface area contributed by atoms with Gasteiger partial charge in [-0.25, -0.2) is 0 Å². The van der Waals surface area contributed by atoms with Crippen LogP contribution in [0.2, 0.25) is 0 Å². The van der Waals surface area contributed by atoms with E-state index in [1.54, 1.807) is 7.11 Å². The summed E-state index contributed by atoms with van der Waals surface area (Å²) in [7, 11) is 1.61. The highest BCUT2D eigenvalue weighted by molar-refractivity contribution is 5.83. The summed E-state index contributed by atoms with van der Waals surface area (Å²) in [5.41, 5.74) is 2.86. The van der Waals surface area contributed by atoms with Gasteiger partial charge in [-0.05, 0) is 28.0 Å². The van der Waals surface area contributed by atoms with Crippen LogP contribution in [0.5, 0.6) is 5.75 Å². The van der Waals surface area contributed by atoms with Crippen LogP contribution in [0.3, 0.4) is 0 Å². The van der Waals surface area contributed by atoms with E-state index < -0.39 is 0 Å². The Kier molecular flexibility index (Phi) is 3.89. The van der Waals surface area contributed by atoms with Crippen molar-refractivity contribution in [2.45, 2.75) is 52.4 Å². The van der Waals surface area contributed by atoms with E-state index >= 15 is 0 Å². The molecule has 18 heavy (non-hydrogen) atoms. The predicted molar refractivity (Wildman–Crippen MR) is 75.8 cm³/mol. The minimum atomic E-state index is -0.0786. The standard InChI is InChI=1S/C16H24O2/c1-15(2,3)11-8-13(16(4,5)6)12(10-17)14(9-11)18-7/h8-10H,1-7H3. The van der Waals surface area contributed by atoms with Gasteiger partial charge in [-0.1, -0.05) is 47.6 Å². The first-order valence-electron chi connectivity index (χ1n) is 6.29. The summed E-state index contributed by atoms with van der Waals surface area (Å²) in [6.07, 6.45) is 0.895. The van der Waals surface area contributed by atoms with Gasteiger partial charge in [0.1, 0.15) is 5.75 Å². The van der Waals surface area contributed by atoms with Crippen molar-refractivity contribution in [3.63, 3.8) is 0 Å². The highest BCUT2D eigenvalue weighted by Gasteiger charge is 2.25. The van der Waals surface area contributed by atoms with Crippen molar-refractivity contribution in [3.8, 4) is 5.75 Å². The first-order valence-corrected chi connectivity index (χ1v) is 6.29. The van der Waals surface area contributed by atoms with Crippen LogP contribution in [0.25, 0.3) is 0 Å². The molecule has 0 amide bonds. The molecule has 0 bridgehead atoms. The second kappa shape index (κ2) is 4.75. The van der Waals surface area contributed by atoms with Crippen molar-refractivity contribution in [2.75, 3.05) is 7.11 Å². The zero-order valence-corrected chi connectivity index (χ0v) is 12.5. The van der Waals surface area contributed by atoms with Crippen molar-refractivity contribution in [2.24, 2.45) is 0 Å². The largest absolute Gasteiger partial charge is 0.496 e. The van der Waals surface area contributed by atoms with E-state index in [9.17, 15) is 4.79 Å². The second-order valence-corrected chi connectivity index (χ2v) is 6.76. The quantitative estimate of drug-likeness (QED) is 0.736. The fraction of sp³-hybridized carbons (Fsp3) is 0.562. The molecule has 0 aliphatic heterocycles. The molecule has 0 aliphatic carbocycles. The van der Waals surface area contributed by atoms with Gasteiger partial charge in [0, 0.05) is 0 Å². The normalized spacial score (nSPS) is 12.4. The Hall–Kier alpha value is -1.31. The minimum absolute atomic E-state index is 0.0364. The van der Waals surface area contributed by atoms with Gasteiger partial charge >= 0.3 is 0 Å². The highest BCUT2D eigenvalue weighted by atomic mass is 16.5. The molecule has 1 aromatic rings. The molecule has 0 unspecified atom stereocenters. The first-order chi connectivity index (χ1) is 8.11. The Labute approximate surface area is 110 Å². The Balaban J connectivity index is 3.62. The summed E-state index contributed by atoms with van der Waals surface area (Å²) < 4.78 is 5.38. The van der Waals surface area contributed by atoms with Crippen LogP contribution in [-0.2, 0) is 10.8 Å². The summed E-state index contributed by atoms with van der Waals surface area (Å²) in [6, 6.07) is 4.10. The molecule has 100 valence electrons. The molecule has 0 fully saturated rings. The lowest BCUT2D eigenvalue weighted by Gasteiger charge is -2.27. The number of ether oxygens (including phenoxy) is 1. The monoisotopic (exact) mass is 248 g/mol. The van der Waals surface area contributed by atoms with Gasteiger partial charge in [-0.3, -0.25) is 4.79 Å². The van der Waals surface area contributed by atoms with Gasteiger partial charge in [0.15, 0.2) is 6.29 Å². The van der Waals surface area contributed by atoms with Crippen molar-refractivity contribution < 1.29 is 9.53 Å². The van der Waals surface area contributed by atoms with E-state index in [2.05, 4.69) is 47.6 Å². The van der Waals surface area contributed by atoms with Crippen LogP contribution in [-0.4, -0.2) is 13.4 Å². The lowest BCUT2D eigenvalue weighted by Crippen LogP contribution is -2.19. The summed E-state index contributed by atoms with van der Waals surface area (Å²) in [6.45, 7) is 12.8. The Bertz CT molecular complexity index is 445. The fourth-order valence-electron chi connectivity index (χ4n) is 1.97. The second-order valence-electron chi connectivity index (χ2n) is 6.76. The van der Waals surface area contributed by atoms with Crippen LogP contribution in [0.1, 0.15) is 63.0 Å². The first kappa shape index (κ1) is 14.7. The number of aldehydes is 1. The number of hydrogen-bond acceptors (Lipinski definition) is 2. The number of benzene rings is 1. The molecule has 2 nitrogen and oxygen atoms in total. The van der Waals surface area contributed by atoms with Crippen LogP contribution in [0.15, 0.2) is 12.1 Å². The summed E-state index contributed by atoms with van der Waals surface area (Å²) >= 11 is 0. The molecule has 1 aromatic carbocycles. The van der Waals surface area contributed by atoms with Crippen LogP contribution in [0, 0.1) is 0 Å². The van der Waals surface area contributed by atoms with E-state index in [-0.39, 0.29) is 10.8 Å². The fourth-order valence-corrected chi connectivity index (χ4v) is 1.97. The van der Waals surface area contributed by atoms with E-state index in [4.69, 9.17) is 4.74 Å². The van der Waals surface area contributed by atoms with Crippen molar-refractivity contribution in [1.29, 1.82) is 0 Å². The van der Waals surface area contributed by atoms with Crippen molar-refractivity contribution in [1.82, 2.24) is 0 Å². The lowest BCUT2D eigenvalue weighted by molar-refractivity contribution is 0.111. The lowest BCUT2D eigenvalue weighted by atomic mass is 9.78. The van der Waals surface area contributed by atoms with Gasteiger partial charge in [0.2, 0.25) is 0 Å². The van der Waals surface area contributed by atoms with Crippen molar-refractivity contribution >= 4 is 6.29 Å². The molecule has 0 heterocycles. The Morgan fingerprint density at radius 1 is 1.00 bits per heavy atom. The molecule has 0 spiro atoms. The summed E-state index contributed by atoms with van der Waals surface area (Å²) in [4.78, 5) is 11.3. The third kappa shape index (κ3) is 2.92. The van der Waals surface area contributed by atoms with E-state index in [0.29, 0.717) is 11.3 Å². The molecule has 0 saturated heterocycles. The zero-order chi connectivity index (χ0) is 14.1. The number of carbonyl (C=O) groups is 1. The number of methoxy groups -OCH3 is 1. The molecule has 2 heteroatoms.